The van der Waals surface area contributed by atoms with Crippen molar-refractivity contribution in [3.63, 3.8) is 0 Å². The summed E-state index contributed by atoms with van der Waals surface area (Å²) in [4.78, 5) is 15.4. The summed E-state index contributed by atoms with van der Waals surface area (Å²) in [5.74, 6) is -0.00403. The summed E-state index contributed by atoms with van der Waals surface area (Å²) < 4.78 is 0. The van der Waals surface area contributed by atoms with Crippen molar-refractivity contribution in [2.45, 2.75) is 19.8 Å². The zero-order chi connectivity index (χ0) is 15.5. The number of anilines is 1. The maximum Gasteiger partial charge on any atom is 0.224 e. The van der Waals surface area contributed by atoms with Gasteiger partial charge in [-0.2, -0.15) is 0 Å². The molecule has 1 heterocycles. The lowest BCUT2D eigenvalue weighted by Gasteiger charge is -2.08. The summed E-state index contributed by atoms with van der Waals surface area (Å²) in [6.07, 6.45) is 3.12. The number of carbonyl (C=O) groups is 1. The second kappa shape index (κ2) is 6.24. The first-order valence-corrected chi connectivity index (χ1v) is 7.62. The second-order valence-corrected chi connectivity index (χ2v) is 5.80. The van der Waals surface area contributed by atoms with Crippen molar-refractivity contribution in [2.24, 2.45) is 0 Å². The van der Waals surface area contributed by atoms with Gasteiger partial charge in [0.1, 0.15) is 0 Å². The van der Waals surface area contributed by atoms with Crippen molar-refractivity contribution in [3.8, 4) is 0 Å². The Kier molecular flexibility index (Phi) is 4.16. The highest BCUT2D eigenvalue weighted by Gasteiger charge is 2.08. The van der Waals surface area contributed by atoms with Crippen molar-refractivity contribution >= 4 is 34.1 Å². The fraction of sp³-hybridized carbons (Fsp3) is 0.167. The Balaban J connectivity index is 1.66. The number of hydrogen-bond donors (Lipinski definition) is 2. The second-order valence-electron chi connectivity index (χ2n) is 5.37. The van der Waals surface area contributed by atoms with Gasteiger partial charge >= 0.3 is 0 Å². The molecule has 0 aliphatic rings. The number of hydrogen-bond acceptors (Lipinski definition) is 1. The first-order valence-electron chi connectivity index (χ1n) is 7.24. The third-order valence-electron chi connectivity index (χ3n) is 3.77. The number of benzene rings is 2. The minimum absolute atomic E-state index is 0.00403. The van der Waals surface area contributed by atoms with Crippen LogP contribution in [0.4, 0.5) is 5.69 Å². The number of amides is 1. The molecular weight excluding hydrogens is 296 g/mol. The average molecular weight is 313 g/mol. The van der Waals surface area contributed by atoms with Crippen LogP contribution in [-0.2, 0) is 11.2 Å². The lowest BCUT2D eigenvalue weighted by atomic mass is 10.1. The molecule has 3 aromatic rings. The van der Waals surface area contributed by atoms with Crippen molar-refractivity contribution in [1.82, 2.24) is 4.98 Å². The number of carbonyl (C=O) groups excluding carboxylic acids is 1. The van der Waals surface area contributed by atoms with Gasteiger partial charge < -0.3 is 10.3 Å². The quantitative estimate of drug-likeness (QED) is 0.720. The molecule has 0 fully saturated rings. The number of aromatic nitrogens is 1. The number of fused-ring (bicyclic) bond motifs is 1. The topological polar surface area (TPSA) is 44.9 Å². The number of aromatic amines is 1. The first-order chi connectivity index (χ1) is 10.6. The van der Waals surface area contributed by atoms with E-state index < -0.39 is 0 Å². The van der Waals surface area contributed by atoms with E-state index in [0.29, 0.717) is 17.9 Å². The molecular formula is C18H17ClN2O. The third kappa shape index (κ3) is 3.15. The molecule has 2 aromatic carbocycles. The van der Waals surface area contributed by atoms with Gasteiger partial charge in [0.25, 0.3) is 0 Å². The third-order valence-corrected chi connectivity index (χ3v) is 4.01. The molecule has 22 heavy (non-hydrogen) atoms. The number of rotatable bonds is 4. The van der Waals surface area contributed by atoms with Crippen LogP contribution >= 0.6 is 11.6 Å². The molecule has 0 bridgehead atoms. The Morgan fingerprint density at radius 1 is 1.23 bits per heavy atom. The molecule has 1 aromatic heterocycles. The van der Waals surface area contributed by atoms with Gasteiger partial charge in [-0.15, -0.1) is 0 Å². The molecule has 0 saturated heterocycles. The molecule has 4 heteroatoms. The maximum atomic E-state index is 12.1. The molecule has 2 N–H and O–H groups in total. The Hall–Kier alpha value is -2.26. The maximum absolute atomic E-state index is 12.1. The molecule has 3 nitrogen and oxygen atoms in total. The first kappa shape index (κ1) is 14.7. The molecule has 0 spiro atoms. The predicted octanol–water partition coefficient (Wildman–Crippen LogP) is 4.70. The van der Waals surface area contributed by atoms with Crippen LogP contribution in [0.15, 0.2) is 48.7 Å². The molecule has 112 valence electrons. The van der Waals surface area contributed by atoms with Crippen LogP contribution in [-0.4, -0.2) is 10.9 Å². The van der Waals surface area contributed by atoms with Gasteiger partial charge in [-0.3, -0.25) is 4.79 Å². The molecule has 0 saturated carbocycles. The molecule has 0 unspecified atom stereocenters. The van der Waals surface area contributed by atoms with E-state index in [1.54, 1.807) is 6.07 Å². The number of nitrogens with one attached hydrogen (secondary N) is 2. The van der Waals surface area contributed by atoms with E-state index in [9.17, 15) is 4.79 Å². The summed E-state index contributed by atoms with van der Waals surface area (Å²) in [5, 5.41) is 4.73. The Morgan fingerprint density at radius 2 is 2.05 bits per heavy atom. The van der Waals surface area contributed by atoms with E-state index in [1.807, 2.05) is 43.5 Å². The van der Waals surface area contributed by atoms with Crippen molar-refractivity contribution < 1.29 is 4.79 Å². The smallest absolute Gasteiger partial charge is 0.224 e. The van der Waals surface area contributed by atoms with Crippen LogP contribution in [0, 0.1) is 6.92 Å². The number of H-pyrrole nitrogens is 1. The minimum atomic E-state index is -0.00403. The Labute approximate surface area is 134 Å². The number of para-hydroxylation sites is 1. The van der Waals surface area contributed by atoms with Gasteiger partial charge in [0.2, 0.25) is 5.91 Å². The van der Waals surface area contributed by atoms with Crippen LogP contribution < -0.4 is 5.32 Å². The van der Waals surface area contributed by atoms with E-state index in [-0.39, 0.29) is 5.91 Å². The average Bonchev–Trinajstić information content (AvgIpc) is 2.92. The molecule has 0 radical (unpaired) electrons. The zero-order valence-corrected chi connectivity index (χ0v) is 13.1. The number of aryl methyl sites for hydroxylation is 2. The SMILES string of the molecule is Cc1ccc(Cl)cc1NC(=O)CCc1c[nH]c2ccccc12. The standard InChI is InChI=1S/C18H17ClN2O/c1-12-6-8-14(19)10-17(12)21-18(22)9-7-13-11-20-16-5-3-2-4-15(13)16/h2-6,8,10-11,20H,7,9H2,1H3,(H,21,22). The van der Waals surface area contributed by atoms with Crippen LogP contribution in [0.1, 0.15) is 17.5 Å². The van der Waals surface area contributed by atoms with Gasteiger partial charge in [0.15, 0.2) is 0 Å². The summed E-state index contributed by atoms with van der Waals surface area (Å²) in [5.41, 5.74) is 4.04. The van der Waals surface area contributed by atoms with Crippen molar-refractivity contribution in [3.05, 3.63) is 64.8 Å². The molecule has 0 aliphatic heterocycles. The van der Waals surface area contributed by atoms with E-state index in [1.165, 1.54) is 5.39 Å². The van der Waals surface area contributed by atoms with Crippen molar-refractivity contribution in [1.29, 1.82) is 0 Å². The molecule has 3 rings (SSSR count). The summed E-state index contributed by atoms with van der Waals surface area (Å²) in [6, 6.07) is 13.6. The van der Waals surface area contributed by atoms with E-state index in [0.717, 1.165) is 22.3 Å². The van der Waals surface area contributed by atoms with Crippen LogP contribution in [0.2, 0.25) is 5.02 Å². The summed E-state index contributed by atoms with van der Waals surface area (Å²) in [6.45, 7) is 1.95. The fourth-order valence-corrected chi connectivity index (χ4v) is 2.70. The largest absolute Gasteiger partial charge is 0.361 e. The van der Waals surface area contributed by atoms with Crippen molar-refractivity contribution in [2.75, 3.05) is 5.32 Å². The van der Waals surface area contributed by atoms with E-state index >= 15 is 0 Å². The van der Waals surface area contributed by atoms with E-state index in [2.05, 4.69) is 16.4 Å². The monoisotopic (exact) mass is 312 g/mol. The molecule has 0 atom stereocenters. The molecule has 0 aliphatic carbocycles. The van der Waals surface area contributed by atoms with E-state index in [4.69, 9.17) is 11.6 Å². The summed E-state index contributed by atoms with van der Waals surface area (Å²) >= 11 is 5.97. The highest BCUT2D eigenvalue weighted by molar-refractivity contribution is 6.31. The Bertz CT molecular complexity index is 823. The minimum Gasteiger partial charge on any atom is -0.361 e. The molecule has 1 amide bonds. The van der Waals surface area contributed by atoms with Gasteiger partial charge in [-0.05, 0) is 42.7 Å². The van der Waals surface area contributed by atoms with Crippen LogP contribution in [0.3, 0.4) is 0 Å². The van der Waals surface area contributed by atoms with Gasteiger partial charge in [-0.1, -0.05) is 35.9 Å². The van der Waals surface area contributed by atoms with Gasteiger partial charge in [0, 0.05) is 34.2 Å². The Morgan fingerprint density at radius 3 is 2.91 bits per heavy atom. The zero-order valence-electron chi connectivity index (χ0n) is 12.3. The van der Waals surface area contributed by atoms with Gasteiger partial charge in [-0.25, -0.2) is 0 Å². The summed E-state index contributed by atoms with van der Waals surface area (Å²) in [7, 11) is 0. The normalized spacial score (nSPS) is 10.8. The predicted molar refractivity (Wildman–Crippen MR) is 91.4 cm³/mol. The van der Waals surface area contributed by atoms with Gasteiger partial charge in [0.05, 0.1) is 0 Å². The highest BCUT2D eigenvalue weighted by Crippen LogP contribution is 2.22. The van der Waals surface area contributed by atoms with Crippen LogP contribution in [0.25, 0.3) is 10.9 Å². The lowest BCUT2D eigenvalue weighted by molar-refractivity contribution is -0.116. The lowest BCUT2D eigenvalue weighted by Crippen LogP contribution is -2.13. The van der Waals surface area contributed by atoms with Crippen LogP contribution in [0.5, 0.6) is 0 Å². The number of halogens is 1. The highest BCUT2D eigenvalue weighted by atomic mass is 35.5. The fourth-order valence-electron chi connectivity index (χ4n) is 2.53.